The first kappa shape index (κ1) is 10.4. The van der Waals surface area contributed by atoms with E-state index in [4.69, 9.17) is 27.9 Å². The summed E-state index contributed by atoms with van der Waals surface area (Å²) in [4.78, 5) is 10.3. The Hall–Kier alpha value is -0.730. The lowest BCUT2D eigenvalue weighted by atomic mass is 10.1. The molecule has 0 unspecified atom stereocenters. The molecule has 0 aliphatic heterocycles. The third-order valence-electron chi connectivity index (χ3n) is 1.55. The molecule has 0 saturated heterocycles. The van der Waals surface area contributed by atoms with Crippen LogP contribution < -0.4 is 4.74 Å². The molecule has 13 heavy (non-hydrogen) atoms. The quantitative estimate of drug-likeness (QED) is 0.577. The van der Waals surface area contributed by atoms with Crippen molar-refractivity contribution in [1.29, 1.82) is 0 Å². The maximum absolute atomic E-state index is 11.3. The second-order valence-electron chi connectivity index (χ2n) is 2.40. The van der Waals surface area contributed by atoms with Crippen LogP contribution in [0.3, 0.4) is 0 Å². The fourth-order valence-electron chi connectivity index (χ4n) is 0.902. The van der Waals surface area contributed by atoms with Crippen LogP contribution in [-0.2, 0) is 0 Å². The lowest BCUT2D eigenvalue weighted by Crippen LogP contribution is -2.07. The summed E-state index contributed by atoms with van der Waals surface area (Å²) in [5.74, 6) is 0.294. The van der Waals surface area contributed by atoms with E-state index < -0.39 is 4.84 Å². The fourth-order valence-corrected chi connectivity index (χ4v) is 1.15. The summed E-state index contributed by atoms with van der Waals surface area (Å²) in [6, 6.07) is 6.69. The van der Waals surface area contributed by atoms with Crippen LogP contribution in [0.25, 0.3) is 0 Å². The van der Waals surface area contributed by atoms with Gasteiger partial charge in [-0.05, 0) is 12.1 Å². The predicted octanol–water partition coefficient (Wildman–Crippen LogP) is 2.68. The Labute approximate surface area is 86.4 Å². The maximum Gasteiger partial charge on any atom is 0.195 e. The van der Waals surface area contributed by atoms with Gasteiger partial charge in [-0.1, -0.05) is 35.3 Å². The topological polar surface area (TPSA) is 26.3 Å². The van der Waals surface area contributed by atoms with Crippen molar-refractivity contribution in [3.63, 3.8) is 0 Å². The number of carbonyl (C=O) groups is 1. The van der Waals surface area contributed by atoms with Gasteiger partial charge in [0.05, 0.1) is 7.11 Å². The number of ether oxygens (including phenoxy) is 1. The number of hydrogen-bond donors (Lipinski definition) is 0. The van der Waals surface area contributed by atoms with Gasteiger partial charge in [-0.15, -0.1) is 0 Å². The Bertz CT molecular complexity index is 310. The number of rotatable bonds is 3. The third-order valence-corrected chi connectivity index (χ3v) is 1.95. The first-order valence-corrected chi connectivity index (χ1v) is 4.49. The van der Waals surface area contributed by atoms with E-state index in [1.54, 1.807) is 24.3 Å². The molecule has 1 aromatic rings. The minimum absolute atomic E-state index is 0.317. The molecule has 0 saturated carbocycles. The van der Waals surface area contributed by atoms with Crippen LogP contribution in [0.1, 0.15) is 10.4 Å². The summed E-state index contributed by atoms with van der Waals surface area (Å²) in [7, 11) is 1.53. The van der Waals surface area contributed by atoms with Gasteiger partial charge in [0.2, 0.25) is 0 Å². The van der Waals surface area contributed by atoms with Gasteiger partial charge >= 0.3 is 0 Å². The third kappa shape index (κ3) is 2.61. The largest absolute Gasteiger partial charge is 0.497 e. The predicted molar refractivity (Wildman–Crippen MR) is 52.8 cm³/mol. The number of ketones is 1. The molecule has 1 rings (SSSR count). The highest BCUT2D eigenvalue weighted by Gasteiger charge is 2.14. The van der Waals surface area contributed by atoms with Crippen molar-refractivity contribution >= 4 is 29.0 Å². The summed E-state index contributed by atoms with van der Waals surface area (Å²) in [5, 5.41) is 0. The van der Waals surface area contributed by atoms with E-state index in [1.165, 1.54) is 7.11 Å². The molecule has 1 aromatic carbocycles. The van der Waals surface area contributed by atoms with Gasteiger partial charge in [0.15, 0.2) is 10.6 Å². The van der Waals surface area contributed by atoms with Crippen LogP contribution in [0.2, 0.25) is 0 Å². The van der Waals surface area contributed by atoms with E-state index in [9.17, 15) is 4.79 Å². The van der Waals surface area contributed by atoms with Gasteiger partial charge in [0.25, 0.3) is 0 Å². The SMILES string of the molecule is COc1cccc(C(=O)C(Cl)Cl)c1. The van der Waals surface area contributed by atoms with Gasteiger partial charge in [-0.25, -0.2) is 0 Å². The van der Waals surface area contributed by atoms with Gasteiger partial charge in [0, 0.05) is 5.56 Å². The summed E-state index contributed by atoms with van der Waals surface area (Å²) in [6.45, 7) is 0. The summed E-state index contributed by atoms with van der Waals surface area (Å²) in [6.07, 6.45) is 0. The van der Waals surface area contributed by atoms with E-state index in [0.717, 1.165) is 0 Å². The van der Waals surface area contributed by atoms with Crippen molar-refractivity contribution < 1.29 is 9.53 Å². The smallest absolute Gasteiger partial charge is 0.195 e. The molecule has 0 atom stereocenters. The molecule has 4 heteroatoms. The molecular weight excluding hydrogens is 211 g/mol. The Morgan fingerprint density at radius 3 is 2.69 bits per heavy atom. The summed E-state index contributed by atoms with van der Waals surface area (Å²) < 4.78 is 4.95. The monoisotopic (exact) mass is 218 g/mol. The molecule has 2 nitrogen and oxygen atoms in total. The number of halogens is 2. The highest BCUT2D eigenvalue weighted by atomic mass is 35.5. The normalized spacial score (nSPS) is 10.2. The number of alkyl halides is 2. The van der Waals surface area contributed by atoms with Crippen LogP contribution >= 0.6 is 23.2 Å². The lowest BCUT2D eigenvalue weighted by Gasteiger charge is -2.03. The van der Waals surface area contributed by atoms with E-state index in [-0.39, 0.29) is 5.78 Å². The number of methoxy groups -OCH3 is 1. The molecular formula is C9H8Cl2O2. The summed E-state index contributed by atoms with van der Waals surface area (Å²) >= 11 is 10.9. The molecule has 0 bridgehead atoms. The second kappa shape index (κ2) is 4.49. The van der Waals surface area contributed by atoms with Crippen molar-refractivity contribution in [3.05, 3.63) is 29.8 Å². The molecule has 0 aromatic heterocycles. The maximum atomic E-state index is 11.3. The molecule has 0 spiro atoms. The molecule has 0 aliphatic carbocycles. The Morgan fingerprint density at radius 2 is 2.15 bits per heavy atom. The average Bonchev–Trinajstić information content (AvgIpc) is 2.16. The standard InChI is InChI=1S/C9H8Cl2O2/c1-13-7-4-2-3-6(5-7)8(12)9(10)11/h2-5,9H,1H3. The molecule has 70 valence electrons. The van der Waals surface area contributed by atoms with Gasteiger partial charge in [0.1, 0.15) is 5.75 Å². The number of hydrogen-bond acceptors (Lipinski definition) is 2. The number of benzene rings is 1. The van der Waals surface area contributed by atoms with E-state index in [1.807, 2.05) is 0 Å². The molecule has 0 N–H and O–H groups in total. The van der Waals surface area contributed by atoms with Crippen molar-refractivity contribution in [2.75, 3.05) is 7.11 Å². The molecule has 0 amide bonds. The lowest BCUT2D eigenvalue weighted by molar-refractivity contribution is 0.101. The average molecular weight is 219 g/mol. The van der Waals surface area contributed by atoms with Crippen LogP contribution in [0.15, 0.2) is 24.3 Å². The van der Waals surface area contributed by atoms with E-state index in [2.05, 4.69) is 0 Å². The fraction of sp³-hybridized carbons (Fsp3) is 0.222. The Balaban J connectivity index is 2.95. The van der Waals surface area contributed by atoms with Crippen molar-refractivity contribution in [3.8, 4) is 5.75 Å². The van der Waals surface area contributed by atoms with Crippen LogP contribution in [0.5, 0.6) is 5.75 Å². The summed E-state index contributed by atoms with van der Waals surface area (Å²) in [5.41, 5.74) is 0.453. The molecule has 0 fully saturated rings. The Morgan fingerprint density at radius 1 is 1.46 bits per heavy atom. The van der Waals surface area contributed by atoms with Crippen molar-refractivity contribution in [1.82, 2.24) is 0 Å². The second-order valence-corrected chi connectivity index (χ2v) is 3.49. The van der Waals surface area contributed by atoms with Crippen molar-refractivity contribution in [2.24, 2.45) is 0 Å². The van der Waals surface area contributed by atoms with Crippen LogP contribution in [0.4, 0.5) is 0 Å². The highest BCUT2D eigenvalue weighted by Crippen LogP contribution is 2.17. The van der Waals surface area contributed by atoms with Gasteiger partial charge < -0.3 is 4.74 Å². The molecule has 0 radical (unpaired) electrons. The van der Waals surface area contributed by atoms with Crippen molar-refractivity contribution in [2.45, 2.75) is 4.84 Å². The zero-order chi connectivity index (χ0) is 9.84. The first-order valence-electron chi connectivity index (χ1n) is 3.61. The number of Topliss-reactive ketones (excluding diaryl/α,β-unsaturated/α-hetero) is 1. The zero-order valence-electron chi connectivity index (χ0n) is 6.96. The first-order chi connectivity index (χ1) is 6.15. The van der Waals surface area contributed by atoms with Gasteiger partial charge in [-0.2, -0.15) is 0 Å². The molecule has 0 aliphatic rings. The zero-order valence-corrected chi connectivity index (χ0v) is 8.47. The van der Waals surface area contributed by atoms with Gasteiger partial charge in [-0.3, -0.25) is 4.79 Å². The minimum atomic E-state index is -1.02. The highest BCUT2D eigenvalue weighted by molar-refractivity contribution is 6.55. The van der Waals surface area contributed by atoms with E-state index >= 15 is 0 Å². The Kier molecular flexibility index (Phi) is 3.58. The van der Waals surface area contributed by atoms with Crippen LogP contribution in [0, 0.1) is 0 Å². The van der Waals surface area contributed by atoms with Crippen LogP contribution in [-0.4, -0.2) is 17.7 Å². The van der Waals surface area contributed by atoms with E-state index in [0.29, 0.717) is 11.3 Å². The number of carbonyl (C=O) groups excluding carboxylic acids is 1. The minimum Gasteiger partial charge on any atom is -0.497 e. The molecule has 0 heterocycles.